The van der Waals surface area contributed by atoms with Crippen LogP contribution in [0.2, 0.25) is 0 Å². The third-order valence-corrected chi connectivity index (χ3v) is 4.01. The molecule has 0 heterocycles. The Morgan fingerprint density at radius 2 is 1.87 bits per heavy atom. The summed E-state index contributed by atoms with van der Waals surface area (Å²) in [5.41, 5.74) is 4.68. The van der Waals surface area contributed by atoms with Gasteiger partial charge in [0, 0.05) is 6.54 Å². The van der Waals surface area contributed by atoms with Gasteiger partial charge in [-0.1, -0.05) is 67.8 Å². The van der Waals surface area contributed by atoms with Gasteiger partial charge in [0.1, 0.15) is 6.04 Å². The lowest BCUT2D eigenvalue weighted by atomic mass is 10.0. The zero-order chi connectivity index (χ0) is 16.7. The van der Waals surface area contributed by atoms with Gasteiger partial charge in [-0.15, -0.1) is 0 Å². The van der Waals surface area contributed by atoms with Crippen LogP contribution in [-0.4, -0.2) is 17.1 Å². The molecular weight excluding hydrogens is 286 g/mol. The van der Waals surface area contributed by atoms with Gasteiger partial charge in [0.2, 0.25) is 0 Å². The van der Waals surface area contributed by atoms with E-state index in [1.54, 1.807) is 0 Å². The molecule has 1 atom stereocenters. The molecular formula is C20H25NO2. The third-order valence-electron chi connectivity index (χ3n) is 4.01. The minimum atomic E-state index is -0.770. The topological polar surface area (TPSA) is 49.3 Å². The maximum absolute atomic E-state index is 11.3. The number of hydrogen-bond acceptors (Lipinski definition) is 2. The van der Waals surface area contributed by atoms with E-state index in [-0.39, 0.29) is 0 Å². The minimum Gasteiger partial charge on any atom is -0.480 e. The molecule has 0 saturated carbocycles. The average Bonchev–Trinajstić information content (AvgIpc) is 2.55. The van der Waals surface area contributed by atoms with E-state index in [1.807, 2.05) is 12.1 Å². The van der Waals surface area contributed by atoms with Crippen LogP contribution in [0.25, 0.3) is 11.1 Å². The second-order valence-electron chi connectivity index (χ2n) is 5.98. The van der Waals surface area contributed by atoms with Gasteiger partial charge in [0.25, 0.3) is 0 Å². The molecule has 2 rings (SSSR count). The highest BCUT2D eigenvalue weighted by Crippen LogP contribution is 2.21. The van der Waals surface area contributed by atoms with E-state index in [4.69, 9.17) is 0 Å². The SMILES string of the molecule is CCCCC(NCc1cccc(-c2ccc(C)cc2)c1)C(=O)O. The van der Waals surface area contributed by atoms with E-state index >= 15 is 0 Å². The third kappa shape index (κ3) is 5.22. The zero-order valence-electron chi connectivity index (χ0n) is 13.9. The summed E-state index contributed by atoms with van der Waals surface area (Å²) >= 11 is 0. The summed E-state index contributed by atoms with van der Waals surface area (Å²) in [5.74, 6) is -0.770. The average molecular weight is 311 g/mol. The van der Waals surface area contributed by atoms with Crippen molar-refractivity contribution >= 4 is 5.97 Å². The second kappa shape index (κ2) is 8.49. The zero-order valence-corrected chi connectivity index (χ0v) is 13.9. The van der Waals surface area contributed by atoms with Crippen LogP contribution in [0.1, 0.15) is 37.3 Å². The van der Waals surface area contributed by atoms with Crippen LogP contribution in [0.4, 0.5) is 0 Å². The number of aryl methyl sites for hydroxylation is 1. The molecule has 2 aromatic rings. The van der Waals surface area contributed by atoms with Crippen LogP contribution in [-0.2, 0) is 11.3 Å². The van der Waals surface area contributed by atoms with Gasteiger partial charge < -0.3 is 10.4 Å². The summed E-state index contributed by atoms with van der Waals surface area (Å²) in [5, 5.41) is 12.4. The first-order valence-corrected chi connectivity index (χ1v) is 8.22. The lowest BCUT2D eigenvalue weighted by molar-refractivity contribution is -0.139. The Morgan fingerprint density at radius 1 is 1.13 bits per heavy atom. The molecule has 0 aliphatic carbocycles. The Bertz CT molecular complexity index is 634. The van der Waals surface area contributed by atoms with Crippen molar-refractivity contribution in [1.82, 2.24) is 5.32 Å². The molecule has 0 aliphatic heterocycles. The molecule has 122 valence electrons. The van der Waals surface area contributed by atoms with Gasteiger partial charge in [-0.25, -0.2) is 0 Å². The van der Waals surface area contributed by atoms with Crippen molar-refractivity contribution in [2.45, 2.75) is 45.7 Å². The van der Waals surface area contributed by atoms with Crippen molar-refractivity contribution in [2.75, 3.05) is 0 Å². The lowest BCUT2D eigenvalue weighted by Crippen LogP contribution is -2.36. The Kier molecular flexibility index (Phi) is 6.36. The van der Waals surface area contributed by atoms with Crippen molar-refractivity contribution in [3.05, 3.63) is 59.7 Å². The number of hydrogen-bond donors (Lipinski definition) is 2. The Hall–Kier alpha value is -2.13. The number of carboxylic acid groups (broad SMARTS) is 1. The van der Waals surface area contributed by atoms with Gasteiger partial charge >= 0.3 is 5.97 Å². The molecule has 0 aliphatic rings. The summed E-state index contributed by atoms with van der Waals surface area (Å²) in [6.07, 6.45) is 2.60. The number of rotatable bonds is 8. The Labute approximate surface area is 138 Å². The fraction of sp³-hybridized carbons (Fsp3) is 0.350. The van der Waals surface area contributed by atoms with Gasteiger partial charge in [-0.3, -0.25) is 4.79 Å². The molecule has 23 heavy (non-hydrogen) atoms. The molecule has 0 spiro atoms. The van der Waals surface area contributed by atoms with E-state index in [0.29, 0.717) is 13.0 Å². The fourth-order valence-electron chi connectivity index (χ4n) is 2.57. The molecule has 2 N–H and O–H groups in total. The van der Waals surface area contributed by atoms with E-state index in [0.717, 1.165) is 24.0 Å². The van der Waals surface area contributed by atoms with Crippen LogP contribution < -0.4 is 5.32 Å². The molecule has 0 amide bonds. The van der Waals surface area contributed by atoms with Crippen molar-refractivity contribution in [1.29, 1.82) is 0 Å². The largest absolute Gasteiger partial charge is 0.480 e. The van der Waals surface area contributed by atoms with E-state index in [1.165, 1.54) is 11.1 Å². The van der Waals surface area contributed by atoms with Crippen LogP contribution in [0, 0.1) is 6.92 Å². The highest BCUT2D eigenvalue weighted by atomic mass is 16.4. The number of carbonyl (C=O) groups is 1. The normalized spacial score (nSPS) is 12.1. The second-order valence-corrected chi connectivity index (χ2v) is 5.98. The summed E-state index contributed by atoms with van der Waals surface area (Å²) in [6, 6.07) is 16.2. The molecule has 2 aromatic carbocycles. The number of benzene rings is 2. The van der Waals surface area contributed by atoms with Crippen molar-refractivity contribution < 1.29 is 9.90 Å². The molecule has 0 fully saturated rings. The summed E-state index contributed by atoms with van der Waals surface area (Å²) in [7, 11) is 0. The molecule has 3 heteroatoms. The molecule has 0 saturated heterocycles. The van der Waals surface area contributed by atoms with Crippen LogP contribution >= 0.6 is 0 Å². The van der Waals surface area contributed by atoms with Crippen molar-refractivity contribution in [3.8, 4) is 11.1 Å². The molecule has 0 aromatic heterocycles. The van der Waals surface area contributed by atoms with E-state index in [9.17, 15) is 9.90 Å². The van der Waals surface area contributed by atoms with Gasteiger partial charge in [0.15, 0.2) is 0 Å². The standard InChI is InChI=1S/C20H25NO2/c1-3-4-8-19(20(22)23)21-14-16-6-5-7-18(13-16)17-11-9-15(2)10-12-17/h5-7,9-13,19,21H,3-4,8,14H2,1-2H3,(H,22,23). The predicted octanol–water partition coefficient (Wildman–Crippen LogP) is 4.40. The number of unbranched alkanes of at least 4 members (excludes halogenated alkanes) is 1. The van der Waals surface area contributed by atoms with Gasteiger partial charge in [-0.05, 0) is 36.1 Å². The van der Waals surface area contributed by atoms with Crippen LogP contribution in [0.3, 0.4) is 0 Å². The van der Waals surface area contributed by atoms with Crippen LogP contribution in [0.15, 0.2) is 48.5 Å². The molecule has 1 unspecified atom stereocenters. The highest BCUT2D eigenvalue weighted by molar-refractivity contribution is 5.73. The maximum Gasteiger partial charge on any atom is 0.320 e. The first-order valence-electron chi connectivity index (χ1n) is 8.22. The quantitative estimate of drug-likeness (QED) is 0.760. The lowest BCUT2D eigenvalue weighted by Gasteiger charge is -2.14. The molecule has 0 bridgehead atoms. The van der Waals surface area contributed by atoms with Gasteiger partial charge in [-0.2, -0.15) is 0 Å². The van der Waals surface area contributed by atoms with Crippen LogP contribution in [0.5, 0.6) is 0 Å². The predicted molar refractivity (Wildman–Crippen MR) is 94.4 cm³/mol. The summed E-state index contributed by atoms with van der Waals surface area (Å²) in [6.45, 7) is 4.72. The number of carboxylic acids is 1. The van der Waals surface area contributed by atoms with E-state index < -0.39 is 12.0 Å². The summed E-state index contributed by atoms with van der Waals surface area (Å²) < 4.78 is 0. The monoisotopic (exact) mass is 311 g/mol. The number of nitrogens with one attached hydrogen (secondary N) is 1. The maximum atomic E-state index is 11.3. The van der Waals surface area contributed by atoms with Gasteiger partial charge in [0.05, 0.1) is 0 Å². The van der Waals surface area contributed by atoms with Crippen molar-refractivity contribution in [3.63, 3.8) is 0 Å². The smallest absolute Gasteiger partial charge is 0.320 e. The molecule has 3 nitrogen and oxygen atoms in total. The highest BCUT2D eigenvalue weighted by Gasteiger charge is 2.15. The first-order chi connectivity index (χ1) is 11.1. The number of aliphatic carboxylic acids is 1. The van der Waals surface area contributed by atoms with Crippen molar-refractivity contribution in [2.24, 2.45) is 0 Å². The molecule has 0 radical (unpaired) electrons. The first kappa shape index (κ1) is 17.2. The minimum absolute atomic E-state index is 0.474. The Morgan fingerprint density at radius 3 is 2.52 bits per heavy atom. The summed E-state index contributed by atoms with van der Waals surface area (Å²) in [4.78, 5) is 11.3. The fourth-order valence-corrected chi connectivity index (χ4v) is 2.57. The Balaban J connectivity index is 2.04. The van der Waals surface area contributed by atoms with E-state index in [2.05, 4.69) is 55.6 Å².